The lowest BCUT2D eigenvalue weighted by Gasteiger charge is -2.58. The van der Waals surface area contributed by atoms with Crippen LogP contribution < -0.4 is 27.0 Å². The van der Waals surface area contributed by atoms with Crippen molar-refractivity contribution in [1.82, 2.24) is 58.6 Å². The quantitative estimate of drug-likeness (QED) is 0.0285. The average molecular weight is 1340 g/mol. The average Bonchev–Trinajstić information content (AvgIpc) is 1.32. The largest absolute Gasteiger partial charge is 0.756 e. The maximum atomic E-state index is 14.0. The summed E-state index contributed by atoms with van der Waals surface area (Å²) >= 11 is 0. The summed E-state index contributed by atoms with van der Waals surface area (Å²) in [6.07, 6.45) is 10.9. The lowest BCUT2D eigenvalue weighted by molar-refractivity contribution is -0.235. The summed E-state index contributed by atoms with van der Waals surface area (Å²) in [6.45, 7) is 10.6. The van der Waals surface area contributed by atoms with Gasteiger partial charge in [-0.2, -0.15) is 0 Å². The molecule has 19 atom stereocenters. The first-order valence-corrected chi connectivity index (χ1v) is 35.6. The van der Waals surface area contributed by atoms with Gasteiger partial charge in [0, 0.05) is 25.7 Å². The number of nitrogens with zero attached hydrogens (tertiary/aromatic N) is 12. The number of allylic oxidation sites excluding steroid dienone is 1. The van der Waals surface area contributed by atoms with E-state index in [0.717, 1.165) is 42.9 Å². The lowest BCUT2D eigenvalue weighted by atomic mass is 9.47. The highest BCUT2D eigenvalue weighted by Crippen LogP contribution is 2.67. The van der Waals surface area contributed by atoms with Crippen molar-refractivity contribution < 1.29 is 75.4 Å². The highest BCUT2D eigenvalue weighted by molar-refractivity contribution is 7.46. The van der Waals surface area contributed by atoms with E-state index < -0.39 is 96.1 Å². The summed E-state index contributed by atoms with van der Waals surface area (Å²) < 4.78 is 84.2. The van der Waals surface area contributed by atoms with E-state index in [9.17, 15) is 33.6 Å². The van der Waals surface area contributed by atoms with Crippen molar-refractivity contribution in [3.05, 3.63) is 49.6 Å². The number of anilines is 3. The number of hydrogen-bond donors (Lipinski definition) is 4. The molecule has 0 bridgehead atoms. The Labute approximate surface area is 542 Å². The molecule has 6 aromatic rings. The van der Waals surface area contributed by atoms with Crippen LogP contribution in [0.3, 0.4) is 0 Å². The Bertz CT molecular complexity index is 3890. The van der Waals surface area contributed by atoms with Gasteiger partial charge in [0.15, 0.2) is 53.1 Å². The molecule has 13 rings (SSSR count). The molecule has 6 fully saturated rings. The summed E-state index contributed by atoms with van der Waals surface area (Å²) in [5, 5.41) is 11.0. The Kier molecular flexibility index (Phi) is 18.8. The number of aliphatic hydroxyl groups is 1. The fourth-order valence-corrected chi connectivity index (χ4v) is 18.6. The van der Waals surface area contributed by atoms with Gasteiger partial charge in [-0.1, -0.05) is 65.5 Å². The molecule has 9 heterocycles. The SMILES string of the molecule is CC(C)CCCC(C)C1CCC2C3CC=C4CC(OC(=O)CCC(=O)OC[C@@H]5C[C@@H](OP(=O)([O-])OC[C@@H]6C[C@@H](OP(=O)([O-])OC[C@@H]7C[C@@H](O)[C@H](n8cnc9c(N)ncnc98)O7)[C@H](n7cnc8c(N)ncnc87)O6)[C@H](n6cnc7c(N)ncnc76)O5)CCC4(C)C3CCC12C. The molecule has 0 spiro atoms. The van der Waals surface area contributed by atoms with Crippen LogP contribution in [0.4, 0.5) is 17.5 Å². The van der Waals surface area contributed by atoms with Crippen molar-refractivity contribution >= 4 is 78.5 Å². The minimum atomic E-state index is -5.35. The van der Waals surface area contributed by atoms with E-state index in [0.29, 0.717) is 23.7 Å². The van der Waals surface area contributed by atoms with Crippen LogP contribution in [0.5, 0.6) is 0 Å². The second kappa shape index (κ2) is 26.7. The van der Waals surface area contributed by atoms with Crippen LogP contribution in [0.25, 0.3) is 33.5 Å². The number of nitrogen functional groups attached to an aromatic ring is 3. The molecule has 33 heteroatoms. The molecule has 31 nitrogen and oxygen atoms in total. The molecular formula is C61H83N15O16P2-2. The van der Waals surface area contributed by atoms with Gasteiger partial charge < -0.3 is 73.9 Å². The highest BCUT2D eigenvalue weighted by Gasteiger charge is 2.59. The number of rotatable bonds is 24. The van der Waals surface area contributed by atoms with E-state index in [1.165, 1.54) is 102 Å². The molecule has 6 aromatic heterocycles. The van der Waals surface area contributed by atoms with Crippen LogP contribution in [0.15, 0.2) is 49.6 Å². The van der Waals surface area contributed by atoms with Crippen molar-refractivity contribution in [2.24, 2.45) is 46.3 Å². The maximum absolute atomic E-state index is 14.0. The van der Waals surface area contributed by atoms with Crippen LogP contribution >= 0.6 is 15.6 Å². The van der Waals surface area contributed by atoms with Crippen LogP contribution in [-0.4, -0.2) is 138 Å². The molecular weight excluding hydrogens is 1260 g/mol. The number of ether oxygens (including phenoxy) is 5. The Balaban J connectivity index is 0.610. The van der Waals surface area contributed by atoms with Crippen molar-refractivity contribution in [3.8, 4) is 0 Å². The smallest absolute Gasteiger partial charge is 0.306 e. The van der Waals surface area contributed by atoms with Crippen LogP contribution in [0.2, 0.25) is 0 Å². The van der Waals surface area contributed by atoms with Crippen LogP contribution in [0.1, 0.15) is 156 Å². The maximum Gasteiger partial charge on any atom is 0.306 e. The van der Waals surface area contributed by atoms with Gasteiger partial charge in [-0.05, 0) is 91.3 Å². The van der Waals surface area contributed by atoms with E-state index in [4.69, 9.17) is 59.0 Å². The van der Waals surface area contributed by atoms with Crippen molar-refractivity contribution in [2.45, 2.75) is 199 Å². The number of phosphoric ester groups is 2. The molecule has 0 radical (unpaired) electrons. The second-order valence-electron chi connectivity index (χ2n) is 27.6. The lowest BCUT2D eigenvalue weighted by Crippen LogP contribution is -2.51. The number of carbonyl (C=O) groups is 2. The minimum Gasteiger partial charge on any atom is -0.756 e. The monoisotopic (exact) mass is 1340 g/mol. The summed E-state index contributed by atoms with van der Waals surface area (Å²) in [7, 11) is -10.6. The van der Waals surface area contributed by atoms with Crippen LogP contribution in [0, 0.1) is 46.3 Å². The Morgan fingerprint density at radius 2 is 1.18 bits per heavy atom. The van der Waals surface area contributed by atoms with E-state index in [2.05, 4.69) is 85.6 Å². The topological polar surface area (TPSA) is 427 Å². The molecule has 3 saturated heterocycles. The first-order valence-electron chi connectivity index (χ1n) is 32.7. The first-order chi connectivity index (χ1) is 44.9. The Morgan fingerprint density at radius 1 is 0.660 bits per heavy atom. The zero-order valence-electron chi connectivity index (χ0n) is 53.3. The summed E-state index contributed by atoms with van der Waals surface area (Å²) in [5.41, 5.74) is 21.3. The van der Waals surface area contributed by atoms with Gasteiger partial charge in [0.1, 0.15) is 66.6 Å². The number of phosphoric acid groups is 2. The number of esters is 2. The van der Waals surface area contributed by atoms with E-state index in [1.807, 2.05) is 0 Å². The molecule has 94 heavy (non-hydrogen) atoms. The number of carbonyl (C=O) groups excluding carboxylic acids is 2. The fourth-order valence-electron chi connectivity index (χ4n) is 16.8. The molecule has 7 N–H and O–H groups in total. The van der Waals surface area contributed by atoms with Crippen molar-refractivity contribution in [3.63, 3.8) is 0 Å². The third kappa shape index (κ3) is 13.4. The zero-order valence-corrected chi connectivity index (χ0v) is 55.1. The number of aliphatic hydroxyl groups excluding tert-OH is 1. The van der Waals surface area contributed by atoms with Crippen molar-refractivity contribution in [2.75, 3.05) is 37.0 Å². The zero-order chi connectivity index (χ0) is 66.0. The summed E-state index contributed by atoms with van der Waals surface area (Å²) in [6, 6.07) is 0. The standard InChI is InChI=1S/C61H85N15O16P2/c1-32(2)7-6-8-33(3)40-11-12-41-39-10-9-34-19-35(15-17-60(34,4)42(39)16-18-61(40,41)5)87-47(79)14-13-46(78)84-23-37-21-44(58(89-37)75-30-72-49-52(63)66-27-69-55(49)75)91-94(82,83)86-25-38-22-45(59(90-38)76-31-73-50-53(64)67-28-70-56(50)76)92-93(80,81)85-24-36-20-43(77)57(88-36)74-29-71-48-51(62)65-26-68-54(48)74/h9,26-33,35-45,57-59,77H,6-8,10-25H2,1-5H3,(H,80,81)(H,82,83)(H2,62,65,68)(H2,63,66,69)(H2,64,67,70)/p-2/t33?,35?,36-,37-,38-,39?,40?,41?,42?,43+,44+,45+,57+,58+,59+,60?,61?/m0/s1. The predicted octanol–water partition coefficient (Wildman–Crippen LogP) is 6.49. The van der Waals surface area contributed by atoms with Gasteiger partial charge in [0.05, 0.1) is 63.3 Å². The molecule has 3 aliphatic heterocycles. The number of imidazole rings is 3. The van der Waals surface area contributed by atoms with Gasteiger partial charge in [-0.3, -0.25) is 32.4 Å². The fraction of sp³-hybridized carbons (Fsp3) is 0.689. The summed E-state index contributed by atoms with van der Waals surface area (Å²) in [4.78, 5) is 91.8. The van der Waals surface area contributed by atoms with Gasteiger partial charge in [-0.25, -0.2) is 44.9 Å². The predicted molar refractivity (Wildman–Crippen MR) is 331 cm³/mol. The van der Waals surface area contributed by atoms with Crippen molar-refractivity contribution in [1.29, 1.82) is 0 Å². The Hall–Kier alpha value is -6.21. The van der Waals surface area contributed by atoms with E-state index >= 15 is 0 Å². The number of fused-ring (bicyclic) bond motifs is 8. The number of nitrogens with two attached hydrogens (primary N) is 3. The van der Waals surface area contributed by atoms with Gasteiger partial charge >= 0.3 is 11.9 Å². The number of hydrogen-bond acceptors (Lipinski definition) is 28. The highest BCUT2D eigenvalue weighted by atomic mass is 31.2. The molecule has 0 amide bonds. The second-order valence-corrected chi connectivity index (χ2v) is 30.3. The number of aromatic nitrogens is 12. The minimum absolute atomic E-state index is 0.0151. The molecule has 0 aromatic carbocycles. The van der Waals surface area contributed by atoms with Gasteiger partial charge in [0.25, 0.3) is 15.6 Å². The van der Waals surface area contributed by atoms with Gasteiger partial charge in [0.2, 0.25) is 0 Å². The molecule has 3 saturated carbocycles. The molecule has 10 unspecified atom stereocenters. The van der Waals surface area contributed by atoms with E-state index in [1.54, 1.807) is 0 Å². The summed E-state index contributed by atoms with van der Waals surface area (Å²) in [5.74, 6) is 3.35. The third-order valence-electron chi connectivity index (χ3n) is 21.3. The van der Waals surface area contributed by atoms with E-state index in [-0.39, 0.29) is 101 Å². The molecule has 510 valence electrons. The molecule has 7 aliphatic rings. The van der Waals surface area contributed by atoms with Crippen LogP contribution in [-0.2, 0) is 60.5 Å². The third-order valence-corrected chi connectivity index (χ3v) is 23.3. The molecule has 4 aliphatic carbocycles. The normalized spacial score (nSPS) is 33.3. The van der Waals surface area contributed by atoms with Gasteiger partial charge in [-0.15, -0.1) is 0 Å². The first kappa shape index (κ1) is 66.4. The Morgan fingerprint density at radius 3 is 1.74 bits per heavy atom.